The predicted molar refractivity (Wildman–Crippen MR) is 103 cm³/mol. The van der Waals surface area contributed by atoms with Gasteiger partial charge < -0.3 is 4.74 Å². The number of para-hydroxylation sites is 1. The summed E-state index contributed by atoms with van der Waals surface area (Å²) in [5, 5.41) is 0.550. The van der Waals surface area contributed by atoms with Crippen LogP contribution >= 0.6 is 11.6 Å². The summed E-state index contributed by atoms with van der Waals surface area (Å²) in [7, 11) is 0. The molecule has 0 atom stereocenters. The fourth-order valence-electron chi connectivity index (χ4n) is 2.33. The monoisotopic (exact) mass is 380 g/mol. The first-order valence-electron chi connectivity index (χ1n) is 8.08. The summed E-state index contributed by atoms with van der Waals surface area (Å²) in [5.74, 6) is -0.950. The maximum atomic E-state index is 13.0. The Morgan fingerprint density at radius 1 is 0.852 bits per heavy atom. The van der Waals surface area contributed by atoms with Crippen LogP contribution in [0.5, 0.6) is 5.75 Å². The van der Waals surface area contributed by atoms with Crippen LogP contribution in [0.2, 0.25) is 5.02 Å². The molecular weight excluding hydrogens is 367 g/mol. The van der Waals surface area contributed by atoms with Crippen molar-refractivity contribution in [3.63, 3.8) is 0 Å². The highest BCUT2D eigenvalue weighted by atomic mass is 35.5. The third-order valence-corrected chi connectivity index (χ3v) is 4.00. The lowest BCUT2D eigenvalue weighted by molar-refractivity contribution is 0.0734. The summed E-state index contributed by atoms with van der Waals surface area (Å²) in [6.07, 6.45) is 2.97. The molecule has 134 valence electrons. The Morgan fingerprint density at radius 3 is 2.19 bits per heavy atom. The van der Waals surface area contributed by atoms with Crippen molar-refractivity contribution < 1.29 is 18.7 Å². The SMILES string of the molecule is O=C(C=Cc1ccccc1OC(=O)c1ccc(F)cc1)c1ccc(Cl)cc1. The Kier molecular flexibility index (Phi) is 5.79. The molecule has 3 aromatic carbocycles. The van der Waals surface area contributed by atoms with E-state index in [1.165, 1.54) is 30.3 Å². The zero-order valence-electron chi connectivity index (χ0n) is 14.1. The van der Waals surface area contributed by atoms with E-state index in [1.54, 1.807) is 54.6 Å². The van der Waals surface area contributed by atoms with Crippen LogP contribution in [0.15, 0.2) is 78.9 Å². The smallest absolute Gasteiger partial charge is 0.343 e. The van der Waals surface area contributed by atoms with Crippen LogP contribution in [-0.2, 0) is 0 Å². The van der Waals surface area contributed by atoms with Crippen LogP contribution in [0, 0.1) is 5.82 Å². The molecule has 27 heavy (non-hydrogen) atoms. The second kappa shape index (κ2) is 8.43. The van der Waals surface area contributed by atoms with Gasteiger partial charge in [0.25, 0.3) is 0 Å². The van der Waals surface area contributed by atoms with Gasteiger partial charge in [-0.05, 0) is 66.7 Å². The zero-order valence-corrected chi connectivity index (χ0v) is 14.8. The van der Waals surface area contributed by atoms with Crippen molar-refractivity contribution in [2.24, 2.45) is 0 Å². The molecule has 0 aromatic heterocycles. The van der Waals surface area contributed by atoms with Crippen LogP contribution in [0.3, 0.4) is 0 Å². The van der Waals surface area contributed by atoms with Crippen LogP contribution in [-0.4, -0.2) is 11.8 Å². The van der Waals surface area contributed by atoms with E-state index >= 15 is 0 Å². The fraction of sp³-hybridized carbons (Fsp3) is 0. The predicted octanol–water partition coefficient (Wildman–Crippen LogP) is 5.59. The minimum atomic E-state index is -0.611. The third-order valence-electron chi connectivity index (χ3n) is 3.74. The average Bonchev–Trinajstić information content (AvgIpc) is 2.68. The van der Waals surface area contributed by atoms with Gasteiger partial charge in [-0.3, -0.25) is 4.79 Å². The first kappa shape index (κ1) is 18.5. The van der Waals surface area contributed by atoms with E-state index in [0.717, 1.165) is 0 Å². The summed E-state index contributed by atoms with van der Waals surface area (Å²) >= 11 is 5.82. The quantitative estimate of drug-likeness (QED) is 0.250. The van der Waals surface area contributed by atoms with Gasteiger partial charge in [-0.2, -0.15) is 0 Å². The minimum Gasteiger partial charge on any atom is -0.422 e. The topological polar surface area (TPSA) is 43.4 Å². The van der Waals surface area contributed by atoms with Crippen molar-refractivity contribution in [2.75, 3.05) is 0 Å². The van der Waals surface area contributed by atoms with E-state index in [9.17, 15) is 14.0 Å². The van der Waals surface area contributed by atoms with Crippen LogP contribution in [0.25, 0.3) is 6.08 Å². The van der Waals surface area contributed by atoms with Crippen molar-refractivity contribution in [1.29, 1.82) is 0 Å². The molecule has 0 amide bonds. The molecule has 0 radical (unpaired) electrons. The van der Waals surface area contributed by atoms with E-state index < -0.39 is 11.8 Å². The summed E-state index contributed by atoms with van der Waals surface area (Å²) in [5.41, 5.74) is 1.29. The number of hydrogen-bond donors (Lipinski definition) is 0. The van der Waals surface area contributed by atoms with Crippen LogP contribution in [0.1, 0.15) is 26.3 Å². The number of carbonyl (C=O) groups excluding carboxylic acids is 2. The third kappa shape index (κ3) is 4.90. The summed E-state index contributed by atoms with van der Waals surface area (Å²) in [4.78, 5) is 24.5. The lowest BCUT2D eigenvalue weighted by atomic mass is 10.1. The molecule has 0 aliphatic rings. The molecule has 0 bridgehead atoms. The van der Waals surface area contributed by atoms with E-state index in [0.29, 0.717) is 21.9 Å². The second-order valence-electron chi connectivity index (χ2n) is 5.64. The van der Waals surface area contributed by atoms with Crippen molar-refractivity contribution in [3.8, 4) is 5.75 Å². The Bertz CT molecular complexity index is 993. The first-order chi connectivity index (χ1) is 13.0. The van der Waals surface area contributed by atoms with Crippen LogP contribution in [0.4, 0.5) is 4.39 Å². The molecule has 0 spiro atoms. The number of allylic oxidation sites excluding steroid dienone is 1. The van der Waals surface area contributed by atoms with Gasteiger partial charge in [0.1, 0.15) is 11.6 Å². The molecule has 0 fully saturated rings. The number of rotatable bonds is 5. The maximum absolute atomic E-state index is 13.0. The highest BCUT2D eigenvalue weighted by Crippen LogP contribution is 2.21. The number of halogens is 2. The Morgan fingerprint density at radius 2 is 1.48 bits per heavy atom. The Balaban J connectivity index is 1.77. The van der Waals surface area contributed by atoms with E-state index in [1.807, 2.05) is 0 Å². The Hall–Kier alpha value is -3.24. The van der Waals surface area contributed by atoms with E-state index in [4.69, 9.17) is 16.3 Å². The minimum absolute atomic E-state index is 0.202. The van der Waals surface area contributed by atoms with Gasteiger partial charge in [0.05, 0.1) is 5.56 Å². The fourth-order valence-corrected chi connectivity index (χ4v) is 2.46. The molecular formula is C22H14ClFO3. The molecule has 0 N–H and O–H groups in total. The molecule has 0 aliphatic heterocycles. The summed E-state index contributed by atoms with van der Waals surface area (Å²) in [6.45, 7) is 0. The molecule has 0 unspecified atom stereocenters. The first-order valence-corrected chi connectivity index (χ1v) is 8.45. The van der Waals surface area contributed by atoms with E-state index in [-0.39, 0.29) is 11.3 Å². The van der Waals surface area contributed by atoms with Crippen molar-refractivity contribution in [1.82, 2.24) is 0 Å². The number of esters is 1. The lowest BCUT2D eigenvalue weighted by Gasteiger charge is -2.07. The standard InChI is InChI=1S/C22H14ClFO3/c23-18-10-5-15(6-11-18)20(25)14-9-16-3-1-2-4-21(16)27-22(26)17-7-12-19(24)13-8-17/h1-14H. The largest absolute Gasteiger partial charge is 0.422 e. The highest BCUT2D eigenvalue weighted by Gasteiger charge is 2.11. The van der Waals surface area contributed by atoms with Crippen molar-refractivity contribution in [2.45, 2.75) is 0 Å². The molecule has 0 saturated carbocycles. The van der Waals surface area contributed by atoms with Gasteiger partial charge in [-0.15, -0.1) is 0 Å². The number of benzene rings is 3. The van der Waals surface area contributed by atoms with Gasteiger partial charge in [-0.1, -0.05) is 29.8 Å². The average molecular weight is 381 g/mol. The number of ether oxygens (including phenoxy) is 1. The zero-order chi connectivity index (χ0) is 19.2. The summed E-state index contributed by atoms with van der Waals surface area (Å²) < 4.78 is 18.4. The molecule has 0 heterocycles. The maximum Gasteiger partial charge on any atom is 0.343 e. The van der Waals surface area contributed by atoms with Crippen molar-refractivity contribution >= 4 is 29.4 Å². The molecule has 3 nitrogen and oxygen atoms in total. The van der Waals surface area contributed by atoms with Gasteiger partial charge in [0.2, 0.25) is 0 Å². The van der Waals surface area contributed by atoms with Gasteiger partial charge in [0.15, 0.2) is 5.78 Å². The lowest BCUT2D eigenvalue weighted by Crippen LogP contribution is -2.09. The highest BCUT2D eigenvalue weighted by molar-refractivity contribution is 6.30. The Labute approximate surface area is 160 Å². The molecule has 5 heteroatoms. The molecule has 0 saturated heterocycles. The number of hydrogen-bond acceptors (Lipinski definition) is 3. The number of carbonyl (C=O) groups is 2. The molecule has 0 aliphatic carbocycles. The molecule has 3 aromatic rings. The number of ketones is 1. The molecule has 3 rings (SSSR count). The summed E-state index contributed by atoms with van der Waals surface area (Å²) in [6, 6.07) is 18.4. The normalized spacial score (nSPS) is 10.7. The second-order valence-corrected chi connectivity index (χ2v) is 6.08. The van der Waals surface area contributed by atoms with Gasteiger partial charge in [-0.25, -0.2) is 9.18 Å². The van der Waals surface area contributed by atoms with Gasteiger partial charge in [0, 0.05) is 16.1 Å². The van der Waals surface area contributed by atoms with Crippen LogP contribution < -0.4 is 4.74 Å². The van der Waals surface area contributed by atoms with Crippen molar-refractivity contribution in [3.05, 3.63) is 106 Å². The van der Waals surface area contributed by atoms with E-state index in [2.05, 4.69) is 0 Å². The van der Waals surface area contributed by atoms with Gasteiger partial charge >= 0.3 is 5.97 Å².